The zero-order valence-corrected chi connectivity index (χ0v) is 20.7. The lowest BCUT2D eigenvalue weighted by Gasteiger charge is -2.37. The topological polar surface area (TPSA) is 27.7 Å². The molecule has 4 rings (SSSR count). The zero-order valence-electron chi connectivity index (χ0n) is 17.5. The molecule has 0 aromatic heterocycles. The molecule has 2 aromatic carbocycles. The zero-order chi connectivity index (χ0) is 22.9. The highest BCUT2D eigenvalue weighted by molar-refractivity contribution is 7.81. The Labute approximate surface area is 196 Å². The second-order valence-electron chi connectivity index (χ2n) is 8.41. The molecule has 0 N–H and O–H groups in total. The predicted molar refractivity (Wildman–Crippen MR) is 129 cm³/mol. The molecule has 9 heteroatoms. The molecule has 0 spiro atoms. The van der Waals surface area contributed by atoms with E-state index in [1.807, 2.05) is 0 Å². The third-order valence-electron chi connectivity index (χ3n) is 6.12. The summed E-state index contributed by atoms with van der Waals surface area (Å²) >= 11 is 4.46. The van der Waals surface area contributed by atoms with Crippen molar-refractivity contribution in [2.24, 2.45) is 5.92 Å². The maximum absolute atomic E-state index is 14.7. The van der Waals surface area contributed by atoms with E-state index < -0.39 is 11.9 Å². The van der Waals surface area contributed by atoms with Gasteiger partial charge in [0.05, 0.1) is 31.0 Å². The van der Waals surface area contributed by atoms with E-state index in [0.29, 0.717) is 35.0 Å². The van der Waals surface area contributed by atoms with E-state index in [9.17, 15) is 13.2 Å². The molecule has 2 heterocycles. The van der Waals surface area contributed by atoms with Crippen LogP contribution in [0.2, 0.25) is 0 Å². The lowest BCUT2D eigenvalue weighted by molar-refractivity contribution is -0.185. The van der Waals surface area contributed by atoms with Crippen molar-refractivity contribution in [2.45, 2.75) is 49.2 Å². The molecule has 2 aliphatic rings. The molecular weight excluding hydrogens is 475 g/mol. The van der Waals surface area contributed by atoms with Gasteiger partial charge in [0, 0.05) is 22.5 Å². The molecule has 32 heavy (non-hydrogen) atoms. The average molecular weight is 502 g/mol. The molecule has 174 valence electrons. The van der Waals surface area contributed by atoms with Crippen LogP contribution in [0.15, 0.2) is 36.4 Å². The van der Waals surface area contributed by atoms with Crippen LogP contribution in [0.25, 0.3) is 0 Å². The molecule has 0 aliphatic carbocycles. The quantitative estimate of drug-likeness (QED) is 0.466. The Morgan fingerprint density at radius 1 is 0.969 bits per heavy atom. The largest absolute Gasteiger partial charge is 0.429 e. The summed E-state index contributed by atoms with van der Waals surface area (Å²) in [7, 11) is 4.53. The van der Waals surface area contributed by atoms with Crippen molar-refractivity contribution in [3.05, 3.63) is 53.3 Å². The summed E-state index contributed by atoms with van der Waals surface area (Å²) in [6.45, 7) is 1.28. The van der Waals surface area contributed by atoms with Crippen molar-refractivity contribution in [3.63, 3.8) is 0 Å². The summed E-state index contributed by atoms with van der Waals surface area (Å²) in [4.78, 5) is 0. The number of thiol groups is 1. The second kappa shape index (κ2) is 10.2. The average Bonchev–Trinajstić information content (AvgIpc) is 2.78. The summed E-state index contributed by atoms with van der Waals surface area (Å²) in [5, 5.41) is 1.05. The number of alkyl halides is 2. The minimum atomic E-state index is -3.59. The van der Waals surface area contributed by atoms with Gasteiger partial charge in [0.1, 0.15) is 11.6 Å². The molecule has 2 fully saturated rings. The van der Waals surface area contributed by atoms with Gasteiger partial charge in [0.15, 0.2) is 0 Å². The maximum atomic E-state index is 14.7. The van der Waals surface area contributed by atoms with E-state index in [1.54, 1.807) is 12.1 Å². The summed E-state index contributed by atoms with van der Waals surface area (Å²) < 4.78 is 60.0. The van der Waals surface area contributed by atoms with Crippen LogP contribution in [-0.4, -0.2) is 24.6 Å². The number of benzene rings is 2. The Kier molecular flexibility index (Phi) is 7.74. The standard InChI is InChI=1S/C23H27F3O3P2S/c24-18-9-16(10-21(30)22(18)31)29-23(25,26)15-4-1-13(2-5-15)19-7-3-14(11-27-19)20-8-6-17(32)12-28-20/h1-2,4-5,9-10,14,17,19-20,32H,3,6-8,11-12,30-31H2. The van der Waals surface area contributed by atoms with Crippen molar-refractivity contribution in [3.8, 4) is 5.75 Å². The highest BCUT2D eigenvalue weighted by Crippen LogP contribution is 2.37. The number of hydrogen-bond donors (Lipinski definition) is 1. The molecule has 3 nitrogen and oxygen atoms in total. The summed E-state index contributed by atoms with van der Waals surface area (Å²) in [6, 6.07) is 8.28. The first kappa shape index (κ1) is 24.3. The van der Waals surface area contributed by atoms with Gasteiger partial charge in [-0.1, -0.05) is 12.1 Å². The van der Waals surface area contributed by atoms with Crippen LogP contribution in [-0.2, 0) is 15.6 Å². The van der Waals surface area contributed by atoms with Gasteiger partial charge in [-0.2, -0.15) is 21.4 Å². The number of halogens is 3. The van der Waals surface area contributed by atoms with E-state index >= 15 is 0 Å². The minimum Gasteiger partial charge on any atom is -0.429 e. The molecule has 2 aromatic rings. The molecule has 2 saturated heterocycles. The fourth-order valence-corrected chi connectivity index (χ4v) is 4.93. The van der Waals surface area contributed by atoms with Crippen molar-refractivity contribution in [2.75, 3.05) is 13.2 Å². The van der Waals surface area contributed by atoms with Gasteiger partial charge in [-0.3, -0.25) is 0 Å². The summed E-state index contributed by atoms with van der Waals surface area (Å²) in [5.74, 6) is -0.497. The molecular formula is C23H27F3O3P2S. The second-order valence-corrected chi connectivity index (χ2v) is 10.3. The Hall–Kier alpha value is -0.840. The summed E-state index contributed by atoms with van der Waals surface area (Å²) in [5.41, 5.74) is 0.557. The third-order valence-corrected chi connectivity index (χ3v) is 7.95. The van der Waals surface area contributed by atoms with Gasteiger partial charge in [0.2, 0.25) is 0 Å². The minimum absolute atomic E-state index is 0.126. The van der Waals surface area contributed by atoms with Gasteiger partial charge < -0.3 is 14.2 Å². The highest BCUT2D eigenvalue weighted by atomic mass is 32.1. The van der Waals surface area contributed by atoms with Gasteiger partial charge >= 0.3 is 6.11 Å². The molecule has 0 amide bonds. The Morgan fingerprint density at radius 3 is 2.31 bits per heavy atom. The van der Waals surface area contributed by atoms with Crippen molar-refractivity contribution in [1.29, 1.82) is 0 Å². The highest BCUT2D eigenvalue weighted by Gasteiger charge is 2.36. The Morgan fingerprint density at radius 2 is 1.72 bits per heavy atom. The van der Waals surface area contributed by atoms with Crippen LogP contribution < -0.4 is 15.3 Å². The molecule has 6 unspecified atom stereocenters. The van der Waals surface area contributed by atoms with E-state index in [4.69, 9.17) is 14.2 Å². The first-order valence-electron chi connectivity index (χ1n) is 10.7. The predicted octanol–water partition coefficient (Wildman–Crippen LogP) is 4.90. The van der Waals surface area contributed by atoms with Crippen molar-refractivity contribution >= 4 is 41.7 Å². The first-order chi connectivity index (χ1) is 15.2. The summed E-state index contributed by atoms with van der Waals surface area (Å²) in [6.07, 6.45) is 0.341. The Balaban J connectivity index is 1.36. The first-order valence-corrected chi connectivity index (χ1v) is 12.3. The number of hydrogen-bond acceptors (Lipinski definition) is 4. The fourth-order valence-electron chi connectivity index (χ4n) is 4.23. The SMILES string of the molecule is Fc1cc(OC(F)(F)c2ccc(C3CCC(C4CCC(S)CO4)CO3)cc2)cc(P)c1P. The molecule has 2 aliphatic heterocycles. The van der Waals surface area contributed by atoms with Crippen molar-refractivity contribution in [1.82, 2.24) is 0 Å². The maximum Gasteiger partial charge on any atom is 0.426 e. The fraction of sp³-hybridized carbons (Fsp3) is 0.478. The van der Waals surface area contributed by atoms with Crippen LogP contribution in [0.5, 0.6) is 5.75 Å². The van der Waals surface area contributed by atoms with Gasteiger partial charge in [-0.15, -0.1) is 18.5 Å². The van der Waals surface area contributed by atoms with Crippen LogP contribution >= 0.6 is 31.1 Å². The van der Waals surface area contributed by atoms with Gasteiger partial charge in [-0.05, 0) is 54.8 Å². The number of ether oxygens (including phenoxy) is 3. The van der Waals surface area contributed by atoms with Crippen LogP contribution in [0, 0.1) is 11.7 Å². The lowest BCUT2D eigenvalue weighted by Crippen LogP contribution is -2.37. The lowest BCUT2D eigenvalue weighted by atomic mass is 9.87. The normalized spacial score (nSPS) is 26.7. The van der Waals surface area contributed by atoms with Crippen LogP contribution in [0.4, 0.5) is 13.2 Å². The van der Waals surface area contributed by atoms with Crippen LogP contribution in [0.1, 0.15) is 42.9 Å². The molecule has 0 saturated carbocycles. The smallest absolute Gasteiger partial charge is 0.426 e. The van der Waals surface area contributed by atoms with Crippen LogP contribution in [0.3, 0.4) is 0 Å². The van der Waals surface area contributed by atoms with Gasteiger partial charge in [0.25, 0.3) is 0 Å². The van der Waals surface area contributed by atoms with Gasteiger partial charge in [-0.25, -0.2) is 4.39 Å². The molecule has 6 atom stereocenters. The van der Waals surface area contributed by atoms with Crippen molar-refractivity contribution < 1.29 is 27.4 Å². The van der Waals surface area contributed by atoms with E-state index in [2.05, 4.69) is 31.1 Å². The monoisotopic (exact) mass is 502 g/mol. The molecule has 0 bridgehead atoms. The van der Waals surface area contributed by atoms with E-state index in [-0.39, 0.29) is 23.5 Å². The Bertz CT molecular complexity index is 906. The van der Waals surface area contributed by atoms with E-state index in [1.165, 1.54) is 18.2 Å². The van der Waals surface area contributed by atoms with E-state index in [0.717, 1.165) is 37.3 Å². The third kappa shape index (κ3) is 5.62. The molecule has 0 radical (unpaired) electrons. The number of rotatable bonds is 5.